The van der Waals surface area contributed by atoms with Gasteiger partial charge in [0.15, 0.2) is 50.3 Å². The summed E-state index contributed by atoms with van der Waals surface area (Å²) in [6.07, 6.45) is -81.9. The first-order valence-electron chi connectivity index (χ1n) is 44.5. The van der Waals surface area contributed by atoms with Crippen LogP contribution in [0.15, 0.2) is 0 Å². The Morgan fingerprint density at radius 3 is 0.338 bits per heavy atom. The molecule has 24 unspecified atom stereocenters. The third-order valence-corrected chi connectivity index (χ3v) is 32.3. The molecular weight excluding hydrogens is 1990 g/mol. The minimum absolute atomic E-state index is 0.0622. The minimum Gasteiger partial charge on any atom is -0.481 e. The molecule has 56 heteroatoms. The molecule has 136 heavy (non-hydrogen) atoms. The molecule has 24 N–H and O–H groups in total. The first-order valence-corrected chi connectivity index (χ1v) is 53.7. The molecular formula is C80H128O48S8. The molecule has 0 aromatic heterocycles. The van der Waals surface area contributed by atoms with Crippen LogP contribution in [0.25, 0.3) is 0 Å². The van der Waals surface area contributed by atoms with Gasteiger partial charge in [0.2, 0.25) is 0 Å². The predicted octanol–water partition coefficient (Wildman–Crippen LogP) is -4.56. The van der Waals surface area contributed by atoms with E-state index in [-0.39, 0.29) is 195 Å². The molecule has 0 amide bonds. The van der Waals surface area contributed by atoms with Gasteiger partial charge in [-0.2, -0.15) is 94.1 Å². The van der Waals surface area contributed by atoms with E-state index in [1.165, 1.54) is 0 Å². The van der Waals surface area contributed by atoms with Crippen molar-refractivity contribution in [1.29, 1.82) is 0 Å². The van der Waals surface area contributed by atoms with Crippen LogP contribution in [0, 0.1) is 0 Å². The van der Waals surface area contributed by atoms with Crippen LogP contribution in [-0.4, -0.2) is 508 Å². The van der Waals surface area contributed by atoms with Crippen molar-refractivity contribution >= 4 is 142 Å². The zero-order chi connectivity index (χ0) is 99.3. The molecule has 0 aromatic carbocycles. The Balaban J connectivity index is 1.13. The van der Waals surface area contributed by atoms with Crippen LogP contribution in [-0.2, 0) is 114 Å². The molecule has 0 aromatic rings. The lowest BCUT2D eigenvalue weighted by molar-refractivity contribution is -0.396. The summed E-state index contributed by atoms with van der Waals surface area (Å²) in [7, 11) is 0. The van der Waals surface area contributed by atoms with Crippen molar-refractivity contribution in [2.75, 3.05) is 92.0 Å². The molecule has 0 aliphatic carbocycles. The lowest BCUT2D eigenvalue weighted by Gasteiger charge is -2.51. The third-order valence-electron chi connectivity index (χ3n) is 23.1. The Kier molecular flexibility index (Phi) is 50.3. The molecule has 30 heterocycles. The van der Waals surface area contributed by atoms with Crippen molar-refractivity contribution < 1.29 is 237 Å². The highest BCUT2D eigenvalue weighted by atomic mass is 32.2. The van der Waals surface area contributed by atoms with Crippen molar-refractivity contribution in [3.63, 3.8) is 0 Å². The third kappa shape index (κ3) is 34.7. The van der Waals surface area contributed by atoms with Crippen LogP contribution >= 0.6 is 94.1 Å². The number of rotatable bonds is 48. The number of aliphatic carboxylic acids is 8. The molecule has 40 atom stereocenters. The Labute approximate surface area is 814 Å². The second kappa shape index (κ2) is 58.6. The SMILES string of the molecule is O=C(O)CCCSCC1O[C@@H]2O[C@@H]3C(CSCCCC(=O)O)O[C@H](O[C@@H]4C(CSCCCC(=O)O)O[C@H](O[C@@H]5C(CSCCCC(=O)O)O[C@H](O[C@@H]6C(CSCCCC(=O)O)O[C@H](O[C@@H]7C(CSCCCC(=O)O)O[C@H](O[C@@H]8C(CSCCCC(=O)O)O[C@H](O[C@@H]9C(CSCCCC(=O)O)O[C@H](O[C@H]1C(O)C2O)C(O)C9O)C(O)C8O)C(O)C7O)C(O)C6O)C(O)C5O)C(O)C4O)C(O)C3O. The minimum atomic E-state index is -2.28. The maximum Gasteiger partial charge on any atom is 0.303 e. The van der Waals surface area contributed by atoms with Crippen LogP contribution in [0.3, 0.4) is 0 Å². The number of carbonyl (C=O) groups is 8. The van der Waals surface area contributed by atoms with Gasteiger partial charge in [0.05, 0.1) is 48.8 Å². The normalized spacial score (nSPS) is 39.8. The van der Waals surface area contributed by atoms with Gasteiger partial charge >= 0.3 is 47.8 Å². The lowest BCUT2D eigenvalue weighted by atomic mass is 9.95. The van der Waals surface area contributed by atoms with Crippen molar-refractivity contribution in [3.05, 3.63) is 0 Å². The summed E-state index contributed by atoms with van der Waals surface area (Å²) < 4.78 is 102. The molecule has 30 saturated heterocycles. The van der Waals surface area contributed by atoms with Gasteiger partial charge in [0.1, 0.15) is 146 Å². The van der Waals surface area contributed by atoms with Crippen molar-refractivity contribution in [3.8, 4) is 0 Å². The van der Waals surface area contributed by atoms with Gasteiger partial charge in [0.25, 0.3) is 0 Å². The molecule has 784 valence electrons. The van der Waals surface area contributed by atoms with Gasteiger partial charge in [-0.05, 0) is 97.4 Å². The summed E-state index contributed by atoms with van der Waals surface area (Å²) in [4.78, 5) is 93.5. The first-order chi connectivity index (χ1) is 64.7. The van der Waals surface area contributed by atoms with E-state index in [4.69, 9.17) is 75.8 Å². The highest BCUT2D eigenvalue weighted by molar-refractivity contribution is 8.00. The van der Waals surface area contributed by atoms with Gasteiger partial charge in [-0.15, -0.1) is 0 Å². The fourth-order valence-electron chi connectivity index (χ4n) is 16.0. The summed E-state index contributed by atoms with van der Waals surface area (Å²) in [5.41, 5.74) is 0. The zero-order valence-corrected chi connectivity index (χ0v) is 80.1. The summed E-state index contributed by atoms with van der Waals surface area (Å²) in [5, 5.41) is 274. The maximum absolute atomic E-state index is 12.4. The Morgan fingerprint density at radius 1 is 0.154 bits per heavy atom. The Bertz CT molecular complexity index is 2960. The first kappa shape index (κ1) is 117. The predicted molar refractivity (Wildman–Crippen MR) is 478 cm³/mol. The molecule has 0 spiro atoms. The summed E-state index contributed by atoms with van der Waals surface area (Å²) in [6, 6.07) is 0. The van der Waals surface area contributed by atoms with Crippen molar-refractivity contribution in [1.82, 2.24) is 0 Å². The molecule has 30 rings (SSSR count). The van der Waals surface area contributed by atoms with E-state index in [9.17, 15) is 161 Å². The van der Waals surface area contributed by atoms with Gasteiger partial charge in [-0.3, -0.25) is 38.4 Å². The highest BCUT2D eigenvalue weighted by Gasteiger charge is 2.61. The summed E-state index contributed by atoms with van der Waals surface area (Å²) >= 11 is 8.31. The summed E-state index contributed by atoms with van der Waals surface area (Å²) in [6.45, 7) is 0. The smallest absolute Gasteiger partial charge is 0.303 e. The van der Waals surface area contributed by atoms with E-state index in [2.05, 4.69) is 0 Å². The zero-order valence-electron chi connectivity index (χ0n) is 73.5. The van der Waals surface area contributed by atoms with Crippen LogP contribution in [0.5, 0.6) is 0 Å². The van der Waals surface area contributed by atoms with Gasteiger partial charge < -0.3 is 198 Å². The lowest BCUT2D eigenvalue weighted by Crippen LogP contribution is -2.69. The van der Waals surface area contributed by atoms with Crippen LogP contribution < -0.4 is 0 Å². The number of carboxylic acids is 8. The molecule has 30 aliphatic heterocycles. The Morgan fingerprint density at radius 2 is 0.250 bits per heavy atom. The monoisotopic (exact) mass is 2110 g/mol. The summed E-state index contributed by atoms with van der Waals surface area (Å²) in [5.74, 6) is -10.7. The largest absolute Gasteiger partial charge is 0.481 e. The van der Waals surface area contributed by atoms with Gasteiger partial charge in [0, 0.05) is 97.4 Å². The standard InChI is InChI=1S/C80H128O48S8/c81-41(82)9-1-17-129-25-33-65-49(97)57(105)73(113-33)122-66-34(26-130-18-2-10-42(83)84)115-75(59(107)51(66)99)124-68-36(28-132-20-4-12-44(87)88)117-77(61(109)53(68)101)126-70-38(30-134-22-6-14-46(91)92)119-79(63(111)55(70)103)128-72-40(32-136-24-8-16-48(95)96)120-80(64(112)56(72)104)127-71-39(31-135-23-7-15-47(93)94)118-78(62(110)54(71)102)125-69-37(29-133-21-5-13-45(89)90)116-76(60(108)52(69)100)123-67-35(27-131-19-3-11-43(85)86)114-74(121-65)58(106)50(67)98/h33-40,49-80,97-112H,1-32H2,(H,81,82)(H,83,84)(H,85,86)(H,87,88)(H,89,90)(H,91,92)(H,93,94)(H,95,96)/t33?,34?,35?,36?,37?,38?,39?,40?,49?,50?,51?,52?,53?,54?,55?,56?,57?,58?,59?,60?,61?,62?,63?,64?,65-,66-,67-,68-,69-,70-,71-,72-,73-,74-,75-,76-,77-,78-,79-,80-/m1/s1. The molecule has 30 fully saturated rings. The number of aliphatic hydroxyl groups excluding tert-OH is 16. The number of hydrogen-bond acceptors (Lipinski definition) is 48. The number of aliphatic hydroxyl groups is 16. The van der Waals surface area contributed by atoms with Crippen molar-refractivity contribution in [2.45, 2.75) is 348 Å². The molecule has 30 aliphatic rings. The quantitative estimate of drug-likeness (QED) is 0.0255. The Hall–Kier alpha value is -2.72. The van der Waals surface area contributed by atoms with Crippen molar-refractivity contribution in [2.24, 2.45) is 0 Å². The van der Waals surface area contributed by atoms with E-state index in [0.717, 1.165) is 94.1 Å². The van der Waals surface area contributed by atoms with Crippen LogP contribution in [0.1, 0.15) is 103 Å². The van der Waals surface area contributed by atoms with Gasteiger partial charge in [-0.25, -0.2) is 0 Å². The second-order valence-electron chi connectivity index (χ2n) is 33.6. The highest BCUT2D eigenvalue weighted by Crippen LogP contribution is 2.43. The molecule has 16 bridgehead atoms. The average Bonchev–Trinajstić information content (AvgIpc) is 0.759. The fourth-order valence-corrected chi connectivity index (χ4v) is 24.1. The van der Waals surface area contributed by atoms with E-state index < -0.39 is 293 Å². The van der Waals surface area contributed by atoms with Crippen LogP contribution in [0.4, 0.5) is 0 Å². The molecule has 0 saturated carbocycles. The van der Waals surface area contributed by atoms with E-state index >= 15 is 0 Å². The fraction of sp³-hybridized carbons (Fsp3) is 0.900. The second-order valence-corrected chi connectivity index (χ2v) is 42.8. The van der Waals surface area contributed by atoms with Gasteiger partial charge in [-0.1, -0.05) is 0 Å². The van der Waals surface area contributed by atoms with E-state index in [0.29, 0.717) is 0 Å². The average molecular weight is 2110 g/mol. The topological polar surface area (TPSA) is 770 Å². The molecule has 0 radical (unpaired) electrons. The number of ether oxygens (including phenoxy) is 16. The number of carboxylic acid groups (broad SMARTS) is 8. The number of hydrogen-bond donors (Lipinski definition) is 24. The maximum atomic E-state index is 12.4. The number of thioether (sulfide) groups is 8. The molecule has 48 nitrogen and oxygen atoms in total. The van der Waals surface area contributed by atoms with E-state index in [1.54, 1.807) is 0 Å². The van der Waals surface area contributed by atoms with E-state index in [1.807, 2.05) is 0 Å². The van der Waals surface area contributed by atoms with Crippen LogP contribution in [0.2, 0.25) is 0 Å².